The van der Waals surface area contributed by atoms with Crippen molar-refractivity contribution in [2.75, 3.05) is 6.54 Å². The third-order valence-corrected chi connectivity index (χ3v) is 8.64. The Hall–Kier alpha value is -2.72. The molecule has 1 fully saturated rings. The Kier molecular flexibility index (Phi) is 7.09. The van der Waals surface area contributed by atoms with Gasteiger partial charge in [-0.15, -0.1) is 0 Å². The molecule has 0 spiro atoms. The molecule has 1 aliphatic carbocycles. The molecule has 1 unspecified atom stereocenters. The molecule has 180 valence electrons. The van der Waals surface area contributed by atoms with Gasteiger partial charge in [0.2, 0.25) is 11.8 Å². The van der Waals surface area contributed by atoms with Crippen LogP contribution in [0.3, 0.4) is 0 Å². The molecule has 2 aromatic rings. The molecule has 0 aromatic heterocycles. The number of hydrogen-bond acceptors (Lipinski definition) is 5. The molecule has 1 aliphatic heterocycles. The highest BCUT2D eigenvalue weighted by molar-refractivity contribution is 9.10. The number of hydrogen-bond donors (Lipinski definition) is 1. The molecule has 2 aromatic carbocycles. The van der Waals surface area contributed by atoms with E-state index in [1.807, 2.05) is 24.3 Å². The van der Waals surface area contributed by atoms with Crippen LogP contribution < -0.4 is 5.32 Å². The van der Waals surface area contributed by atoms with Crippen LogP contribution in [0.15, 0.2) is 57.9 Å². The van der Waals surface area contributed by atoms with Crippen LogP contribution in [-0.4, -0.2) is 54.0 Å². The number of carbonyl (C=O) groups is 3. The first-order valence-electron chi connectivity index (χ1n) is 11.2. The average Bonchev–Trinajstić information content (AvgIpc) is 3.39. The summed E-state index contributed by atoms with van der Waals surface area (Å²) in [6, 6.07) is 12.4. The van der Waals surface area contributed by atoms with Gasteiger partial charge in [-0.25, -0.2) is 12.7 Å². The molecule has 2 aliphatic rings. The Morgan fingerprint density at radius 3 is 2.41 bits per heavy atom. The van der Waals surface area contributed by atoms with Gasteiger partial charge in [0.25, 0.3) is 15.9 Å². The first kappa shape index (κ1) is 24.4. The average molecular weight is 548 g/mol. The number of nitrogens with one attached hydrogen (secondary N) is 1. The van der Waals surface area contributed by atoms with Crippen LogP contribution in [0.1, 0.15) is 48.5 Å². The molecular weight excluding hydrogens is 522 g/mol. The first-order valence-corrected chi connectivity index (χ1v) is 13.4. The van der Waals surface area contributed by atoms with E-state index < -0.39 is 34.4 Å². The number of sulfonamides is 1. The van der Waals surface area contributed by atoms with Gasteiger partial charge >= 0.3 is 0 Å². The number of rotatable bonds is 7. The Bertz CT molecular complexity index is 1210. The normalized spacial score (nSPS) is 17.9. The van der Waals surface area contributed by atoms with Crippen LogP contribution in [0.25, 0.3) is 0 Å². The Balaban J connectivity index is 1.57. The van der Waals surface area contributed by atoms with Gasteiger partial charge in [-0.1, -0.05) is 53.0 Å². The minimum absolute atomic E-state index is 0.0433. The summed E-state index contributed by atoms with van der Waals surface area (Å²) in [5.74, 6) is -1.66. The number of benzene rings is 2. The van der Waals surface area contributed by atoms with Gasteiger partial charge in [-0.2, -0.15) is 0 Å². The van der Waals surface area contributed by atoms with E-state index in [0.717, 1.165) is 35.7 Å². The monoisotopic (exact) mass is 547 g/mol. The summed E-state index contributed by atoms with van der Waals surface area (Å²) in [6.45, 7) is 1.05. The van der Waals surface area contributed by atoms with Crippen LogP contribution in [0, 0.1) is 0 Å². The SMILES string of the molecule is CC(C(=O)NC1CCCC1)N(Cc1ccc(Br)cc1)C(=O)CN1C(=O)c2ccccc2S1(=O)=O. The van der Waals surface area contributed by atoms with Crippen molar-refractivity contribution in [2.45, 2.75) is 56.1 Å². The van der Waals surface area contributed by atoms with Gasteiger partial charge in [0.15, 0.2) is 0 Å². The number of halogens is 1. The molecule has 0 bridgehead atoms. The van der Waals surface area contributed by atoms with Crippen molar-refractivity contribution in [3.63, 3.8) is 0 Å². The predicted molar refractivity (Wildman–Crippen MR) is 129 cm³/mol. The molecule has 1 heterocycles. The fourth-order valence-corrected chi connectivity index (χ4v) is 6.14. The molecule has 10 heteroatoms. The third-order valence-electron chi connectivity index (χ3n) is 6.33. The predicted octanol–water partition coefficient (Wildman–Crippen LogP) is 3.07. The lowest BCUT2D eigenvalue weighted by molar-refractivity contribution is -0.140. The van der Waals surface area contributed by atoms with E-state index in [2.05, 4.69) is 21.2 Å². The summed E-state index contributed by atoms with van der Waals surface area (Å²) >= 11 is 3.38. The quantitative estimate of drug-likeness (QED) is 0.573. The van der Waals surface area contributed by atoms with E-state index in [-0.39, 0.29) is 29.0 Å². The second kappa shape index (κ2) is 9.87. The summed E-state index contributed by atoms with van der Waals surface area (Å²) in [6.07, 6.45) is 3.91. The van der Waals surface area contributed by atoms with E-state index in [4.69, 9.17) is 0 Å². The molecule has 1 atom stereocenters. The van der Waals surface area contributed by atoms with Gasteiger partial charge in [0.05, 0.1) is 5.56 Å². The van der Waals surface area contributed by atoms with Crippen molar-refractivity contribution in [1.82, 2.24) is 14.5 Å². The van der Waals surface area contributed by atoms with Crippen molar-refractivity contribution < 1.29 is 22.8 Å². The van der Waals surface area contributed by atoms with E-state index in [1.54, 1.807) is 13.0 Å². The van der Waals surface area contributed by atoms with Crippen molar-refractivity contribution >= 4 is 43.7 Å². The molecule has 0 saturated heterocycles. The van der Waals surface area contributed by atoms with Crippen molar-refractivity contribution in [3.8, 4) is 0 Å². The van der Waals surface area contributed by atoms with E-state index in [0.29, 0.717) is 4.31 Å². The van der Waals surface area contributed by atoms with Crippen LogP contribution in [0.2, 0.25) is 0 Å². The fraction of sp³-hybridized carbons (Fsp3) is 0.375. The maximum atomic E-state index is 13.4. The summed E-state index contributed by atoms with van der Waals surface area (Å²) in [7, 11) is -4.14. The Morgan fingerprint density at radius 1 is 1.12 bits per heavy atom. The topological polar surface area (TPSA) is 104 Å². The van der Waals surface area contributed by atoms with Gasteiger partial charge in [0.1, 0.15) is 17.5 Å². The number of fused-ring (bicyclic) bond motifs is 1. The number of amides is 3. The van der Waals surface area contributed by atoms with Crippen LogP contribution in [0.4, 0.5) is 0 Å². The van der Waals surface area contributed by atoms with E-state index >= 15 is 0 Å². The zero-order valence-electron chi connectivity index (χ0n) is 18.7. The van der Waals surface area contributed by atoms with Crippen molar-refractivity contribution in [1.29, 1.82) is 0 Å². The van der Waals surface area contributed by atoms with Crippen molar-refractivity contribution in [2.24, 2.45) is 0 Å². The lowest BCUT2D eigenvalue weighted by atomic mass is 10.1. The molecule has 1 saturated carbocycles. The Labute approximate surface area is 207 Å². The molecule has 0 radical (unpaired) electrons. The van der Waals surface area contributed by atoms with Gasteiger partial charge in [-0.3, -0.25) is 14.4 Å². The van der Waals surface area contributed by atoms with Crippen LogP contribution in [-0.2, 0) is 26.2 Å². The molecule has 3 amide bonds. The number of carbonyl (C=O) groups excluding carboxylic acids is 3. The highest BCUT2D eigenvalue weighted by Gasteiger charge is 2.43. The summed E-state index contributed by atoms with van der Waals surface area (Å²) < 4.78 is 27.3. The van der Waals surface area contributed by atoms with Gasteiger partial charge in [-0.05, 0) is 49.6 Å². The van der Waals surface area contributed by atoms with Gasteiger partial charge in [0, 0.05) is 17.1 Å². The lowest BCUT2D eigenvalue weighted by Gasteiger charge is -2.31. The summed E-state index contributed by atoms with van der Waals surface area (Å²) in [5.41, 5.74) is 0.817. The molecule has 1 N–H and O–H groups in total. The largest absolute Gasteiger partial charge is 0.352 e. The minimum Gasteiger partial charge on any atom is -0.352 e. The van der Waals surface area contributed by atoms with Gasteiger partial charge < -0.3 is 10.2 Å². The van der Waals surface area contributed by atoms with Crippen molar-refractivity contribution in [3.05, 3.63) is 64.1 Å². The van der Waals surface area contributed by atoms with E-state index in [1.165, 1.54) is 23.1 Å². The lowest BCUT2D eigenvalue weighted by Crippen LogP contribution is -2.52. The number of nitrogens with zero attached hydrogens (tertiary/aromatic N) is 2. The highest BCUT2D eigenvalue weighted by Crippen LogP contribution is 2.30. The van der Waals surface area contributed by atoms with Crippen LogP contribution >= 0.6 is 15.9 Å². The zero-order chi connectivity index (χ0) is 24.5. The maximum Gasteiger partial charge on any atom is 0.269 e. The molecule has 34 heavy (non-hydrogen) atoms. The zero-order valence-corrected chi connectivity index (χ0v) is 21.1. The molecule has 8 nitrogen and oxygen atoms in total. The summed E-state index contributed by atoms with van der Waals surface area (Å²) in [5, 5.41) is 3.00. The van der Waals surface area contributed by atoms with E-state index in [9.17, 15) is 22.8 Å². The fourth-order valence-electron chi connectivity index (χ4n) is 4.36. The Morgan fingerprint density at radius 2 is 1.76 bits per heavy atom. The maximum absolute atomic E-state index is 13.4. The minimum atomic E-state index is -4.14. The first-order chi connectivity index (χ1) is 16.2. The molecular formula is C24H26BrN3O5S. The smallest absolute Gasteiger partial charge is 0.269 e. The van der Waals surface area contributed by atoms with Crippen LogP contribution in [0.5, 0.6) is 0 Å². The third kappa shape index (κ3) is 4.88. The summed E-state index contributed by atoms with van der Waals surface area (Å²) in [4.78, 5) is 40.4. The second-order valence-electron chi connectivity index (χ2n) is 8.63. The second-order valence-corrected chi connectivity index (χ2v) is 11.4. The molecule has 4 rings (SSSR count). The standard InChI is InChI=1S/C24H26BrN3O5S/c1-16(23(30)26-19-6-2-3-7-19)27(14-17-10-12-18(25)13-11-17)22(29)15-28-24(31)20-8-4-5-9-21(20)34(28,32)33/h4-5,8-13,16,19H,2-3,6-7,14-15H2,1H3,(H,26,30). The highest BCUT2D eigenvalue weighted by atomic mass is 79.9.